The van der Waals surface area contributed by atoms with E-state index in [0.29, 0.717) is 13.0 Å². The fraction of sp³-hybridized carbons (Fsp3) is 0.438. The van der Waals surface area contributed by atoms with Crippen LogP contribution in [0.3, 0.4) is 0 Å². The second kappa shape index (κ2) is 5.50. The molecule has 1 aliphatic rings. The first-order valence-electron chi connectivity index (χ1n) is 7.40. The number of aliphatic hydroxyl groups is 1. The number of allylic oxidation sites excluding steroid dienone is 1. The van der Waals surface area contributed by atoms with Crippen LogP contribution in [-0.4, -0.2) is 26.7 Å². The summed E-state index contributed by atoms with van der Waals surface area (Å²) < 4.78 is 1.73. The zero-order valence-electron chi connectivity index (χ0n) is 12.3. The maximum atomic E-state index is 12.0. The maximum Gasteiger partial charge on any atom is 0.326 e. The van der Waals surface area contributed by atoms with Crippen molar-refractivity contribution in [3.63, 3.8) is 0 Å². The van der Waals surface area contributed by atoms with Crippen LogP contribution in [0.25, 0.3) is 11.0 Å². The van der Waals surface area contributed by atoms with Crippen molar-refractivity contribution in [1.82, 2.24) is 14.9 Å². The molecule has 5 nitrogen and oxygen atoms in total. The zero-order chi connectivity index (χ0) is 15.0. The number of hydrogen-bond donors (Lipinski definition) is 3. The Labute approximate surface area is 123 Å². The highest BCUT2D eigenvalue weighted by molar-refractivity contribution is 5.79. The van der Waals surface area contributed by atoms with Crippen molar-refractivity contribution in [3.05, 3.63) is 46.4 Å². The minimum absolute atomic E-state index is 0.0684. The van der Waals surface area contributed by atoms with Gasteiger partial charge in [0, 0.05) is 24.2 Å². The minimum atomic E-state index is -0.620. The third kappa shape index (κ3) is 2.43. The molecule has 2 aromatic rings. The Morgan fingerprint density at radius 1 is 1.52 bits per heavy atom. The largest absolute Gasteiger partial charge is 0.387 e. The second-order valence-corrected chi connectivity index (χ2v) is 5.65. The van der Waals surface area contributed by atoms with Crippen molar-refractivity contribution in [2.24, 2.45) is 0 Å². The highest BCUT2D eigenvalue weighted by Gasteiger charge is 2.28. The first-order chi connectivity index (χ1) is 10.1. The normalized spacial score (nSPS) is 23.6. The third-order valence-corrected chi connectivity index (χ3v) is 4.15. The van der Waals surface area contributed by atoms with E-state index in [-0.39, 0.29) is 17.8 Å². The monoisotopic (exact) mass is 287 g/mol. The SMILES string of the molecule is C/C=C/C(C)N[C@@H]1CCn2c(=O)[nH]c3cccc(c32)[C@H]1O. The van der Waals surface area contributed by atoms with Crippen LogP contribution in [0.15, 0.2) is 35.1 Å². The fourth-order valence-electron chi connectivity index (χ4n) is 3.20. The van der Waals surface area contributed by atoms with Gasteiger partial charge in [-0.25, -0.2) is 4.79 Å². The van der Waals surface area contributed by atoms with Crippen LogP contribution < -0.4 is 11.0 Å². The molecule has 0 fully saturated rings. The van der Waals surface area contributed by atoms with Crippen LogP contribution in [0.4, 0.5) is 0 Å². The van der Waals surface area contributed by atoms with Crippen molar-refractivity contribution >= 4 is 11.0 Å². The van der Waals surface area contributed by atoms with E-state index in [1.807, 2.05) is 31.2 Å². The summed E-state index contributed by atoms with van der Waals surface area (Å²) in [7, 11) is 0. The fourth-order valence-corrected chi connectivity index (χ4v) is 3.20. The highest BCUT2D eigenvalue weighted by atomic mass is 16.3. The third-order valence-electron chi connectivity index (χ3n) is 4.15. The van der Waals surface area contributed by atoms with Crippen molar-refractivity contribution in [2.45, 2.75) is 45.0 Å². The maximum absolute atomic E-state index is 12.0. The molecule has 3 atom stereocenters. The lowest BCUT2D eigenvalue weighted by Gasteiger charge is -2.25. The molecule has 21 heavy (non-hydrogen) atoms. The number of aryl methyl sites for hydroxylation is 1. The molecule has 0 aliphatic carbocycles. The lowest BCUT2D eigenvalue weighted by molar-refractivity contribution is 0.122. The van der Waals surface area contributed by atoms with Gasteiger partial charge in [-0.3, -0.25) is 4.57 Å². The summed E-state index contributed by atoms with van der Waals surface area (Å²) in [6.45, 7) is 4.64. The Morgan fingerprint density at radius 3 is 3.10 bits per heavy atom. The van der Waals surface area contributed by atoms with E-state index < -0.39 is 6.10 Å². The van der Waals surface area contributed by atoms with Gasteiger partial charge in [-0.2, -0.15) is 0 Å². The van der Waals surface area contributed by atoms with Gasteiger partial charge in [0.15, 0.2) is 0 Å². The van der Waals surface area contributed by atoms with Crippen LogP contribution in [0, 0.1) is 0 Å². The first-order valence-corrected chi connectivity index (χ1v) is 7.40. The minimum Gasteiger partial charge on any atom is -0.387 e. The van der Waals surface area contributed by atoms with Gasteiger partial charge in [0.25, 0.3) is 0 Å². The van der Waals surface area contributed by atoms with E-state index in [9.17, 15) is 9.90 Å². The number of aromatic amines is 1. The van der Waals surface area contributed by atoms with Crippen LogP contribution in [-0.2, 0) is 6.54 Å². The predicted molar refractivity (Wildman–Crippen MR) is 83.3 cm³/mol. The van der Waals surface area contributed by atoms with Crippen LogP contribution in [0.1, 0.15) is 31.9 Å². The molecule has 0 spiro atoms. The zero-order valence-corrected chi connectivity index (χ0v) is 12.3. The Hall–Kier alpha value is -1.85. The van der Waals surface area contributed by atoms with Crippen molar-refractivity contribution in [3.8, 4) is 0 Å². The molecular formula is C16H21N3O2. The Balaban J connectivity index is 2.01. The molecule has 1 aromatic carbocycles. The van der Waals surface area contributed by atoms with Crippen LogP contribution >= 0.6 is 0 Å². The Bertz CT molecular complexity index is 729. The van der Waals surface area contributed by atoms with Crippen LogP contribution in [0.5, 0.6) is 0 Å². The number of imidazole rings is 1. The predicted octanol–water partition coefficient (Wildman–Crippen LogP) is 1.69. The molecule has 1 aromatic heterocycles. The van der Waals surface area contributed by atoms with Gasteiger partial charge in [-0.05, 0) is 26.3 Å². The molecule has 0 radical (unpaired) electrons. The number of nitrogens with one attached hydrogen (secondary N) is 2. The van der Waals surface area contributed by atoms with Gasteiger partial charge >= 0.3 is 5.69 Å². The molecule has 0 amide bonds. The van der Waals surface area contributed by atoms with E-state index in [0.717, 1.165) is 16.6 Å². The summed E-state index contributed by atoms with van der Waals surface area (Å²) >= 11 is 0. The number of hydrogen-bond acceptors (Lipinski definition) is 3. The number of rotatable bonds is 3. The molecule has 5 heteroatoms. The molecule has 1 unspecified atom stereocenters. The molecule has 1 aliphatic heterocycles. The first kappa shape index (κ1) is 14.1. The van der Waals surface area contributed by atoms with Gasteiger partial charge in [-0.15, -0.1) is 0 Å². The molecular weight excluding hydrogens is 266 g/mol. The highest BCUT2D eigenvalue weighted by Crippen LogP contribution is 2.29. The van der Waals surface area contributed by atoms with Crippen molar-refractivity contribution < 1.29 is 5.11 Å². The molecule has 3 rings (SSSR count). The van der Waals surface area contributed by atoms with Gasteiger partial charge in [0.05, 0.1) is 17.1 Å². The lowest BCUT2D eigenvalue weighted by Crippen LogP contribution is -2.40. The number of H-pyrrole nitrogens is 1. The summed E-state index contributed by atoms with van der Waals surface area (Å²) in [5.41, 5.74) is 2.33. The van der Waals surface area contributed by atoms with Crippen molar-refractivity contribution in [2.75, 3.05) is 0 Å². The molecule has 3 N–H and O–H groups in total. The summed E-state index contributed by atoms with van der Waals surface area (Å²) in [6, 6.07) is 5.76. The van der Waals surface area contributed by atoms with E-state index in [2.05, 4.69) is 23.3 Å². The standard InChI is InChI=1S/C16H21N3O2/c1-3-5-10(2)17-13-8-9-19-14-11(15(13)20)6-4-7-12(14)18-16(19)21/h3-7,10,13,15,17,20H,8-9H2,1-2H3,(H,18,21)/b5-3+/t10?,13-,15-/m1/s1. The number of aliphatic hydroxyl groups excluding tert-OH is 1. The molecule has 112 valence electrons. The van der Waals surface area contributed by atoms with E-state index in [4.69, 9.17) is 0 Å². The number of nitrogens with zero attached hydrogens (tertiary/aromatic N) is 1. The van der Waals surface area contributed by atoms with Gasteiger partial charge in [-0.1, -0.05) is 24.3 Å². The molecule has 0 saturated carbocycles. The quantitative estimate of drug-likeness (QED) is 0.752. The number of benzene rings is 1. The van der Waals surface area contributed by atoms with Crippen molar-refractivity contribution in [1.29, 1.82) is 0 Å². The smallest absolute Gasteiger partial charge is 0.326 e. The van der Waals surface area contributed by atoms with E-state index in [1.165, 1.54) is 0 Å². The molecule has 2 heterocycles. The number of aromatic nitrogens is 2. The molecule has 0 bridgehead atoms. The Kier molecular flexibility index (Phi) is 3.69. The van der Waals surface area contributed by atoms with E-state index in [1.54, 1.807) is 4.57 Å². The summed E-state index contributed by atoms with van der Waals surface area (Å²) in [5, 5.41) is 14.2. The summed E-state index contributed by atoms with van der Waals surface area (Å²) in [5.74, 6) is 0. The second-order valence-electron chi connectivity index (χ2n) is 5.65. The van der Waals surface area contributed by atoms with Gasteiger partial charge < -0.3 is 15.4 Å². The average molecular weight is 287 g/mol. The topological polar surface area (TPSA) is 70.0 Å². The lowest BCUT2D eigenvalue weighted by atomic mass is 9.99. The summed E-state index contributed by atoms with van der Waals surface area (Å²) in [4.78, 5) is 14.9. The summed E-state index contributed by atoms with van der Waals surface area (Å²) in [6.07, 6.45) is 4.15. The molecule has 0 saturated heterocycles. The van der Waals surface area contributed by atoms with Gasteiger partial charge in [0.1, 0.15) is 0 Å². The van der Waals surface area contributed by atoms with Gasteiger partial charge in [0.2, 0.25) is 0 Å². The number of para-hydroxylation sites is 1. The Morgan fingerprint density at radius 2 is 2.33 bits per heavy atom. The van der Waals surface area contributed by atoms with E-state index >= 15 is 0 Å². The van der Waals surface area contributed by atoms with Crippen LogP contribution in [0.2, 0.25) is 0 Å². The average Bonchev–Trinajstić information content (AvgIpc) is 2.70.